The van der Waals surface area contributed by atoms with Gasteiger partial charge in [-0.3, -0.25) is 0 Å². The Labute approximate surface area is 84.2 Å². The summed E-state index contributed by atoms with van der Waals surface area (Å²) in [4.78, 5) is 8.74. The first-order chi connectivity index (χ1) is 6.90. The van der Waals surface area contributed by atoms with Gasteiger partial charge in [0.25, 0.3) is 0 Å². The van der Waals surface area contributed by atoms with Crippen LogP contribution in [0.1, 0.15) is 36.3 Å². The molecule has 0 atom stereocenters. The molecule has 1 aliphatic rings. The fourth-order valence-electron chi connectivity index (χ4n) is 1.91. The number of aliphatic hydroxyl groups excluding tert-OH is 1. The molecular formula is C11H16N2O. The zero-order valence-corrected chi connectivity index (χ0v) is 8.37. The molecule has 14 heavy (non-hydrogen) atoms. The van der Waals surface area contributed by atoms with Crippen LogP contribution in [0.15, 0.2) is 6.20 Å². The highest BCUT2D eigenvalue weighted by molar-refractivity contribution is 5.19. The van der Waals surface area contributed by atoms with E-state index in [9.17, 15) is 0 Å². The number of fused-ring (bicyclic) bond motifs is 1. The summed E-state index contributed by atoms with van der Waals surface area (Å²) in [6.07, 6.45) is 8.51. The molecule has 0 saturated heterocycles. The zero-order valence-electron chi connectivity index (χ0n) is 8.37. The molecule has 0 aliphatic heterocycles. The van der Waals surface area contributed by atoms with Gasteiger partial charge in [0.15, 0.2) is 0 Å². The molecule has 1 aromatic rings. The van der Waals surface area contributed by atoms with E-state index in [-0.39, 0.29) is 6.61 Å². The number of hydrogen-bond donors (Lipinski definition) is 1. The van der Waals surface area contributed by atoms with Gasteiger partial charge in [0.1, 0.15) is 5.82 Å². The molecule has 0 spiro atoms. The van der Waals surface area contributed by atoms with Gasteiger partial charge in [-0.2, -0.15) is 0 Å². The lowest BCUT2D eigenvalue weighted by atomic mass is 10.1. The van der Waals surface area contributed by atoms with Crippen LogP contribution < -0.4 is 0 Å². The molecule has 0 radical (unpaired) electrons. The number of hydrogen-bond acceptors (Lipinski definition) is 3. The summed E-state index contributed by atoms with van der Waals surface area (Å²) in [6, 6.07) is 0. The average Bonchev–Trinajstić information content (AvgIpc) is 2.42. The Hall–Kier alpha value is -0.960. The van der Waals surface area contributed by atoms with E-state index in [1.807, 2.05) is 6.20 Å². The lowest BCUT2D eigenvalue weighted by Crippen LogP contribution is -2.04. The number of aliphatic hydroxyl groups is 1. The van der Waals surface area contributed by atoms with Crippen LogP contribution in [0.4, 0.5) is 0 Å². The van der Waals surface area contributed by atoms with Gasteiger partial charge in [-0.25, -0.2) is 9.97 Å². The molecule has 1 aromatic heterocycles. The fraction of sp³-hybridized carbons (Fsp3) is 0.636. The molecule has 0 aromatic carbocycles. The molecule has 3 heteroatoms. The van der Waals surface area contributed by atoms with Crippen LogP contribution in [0.3, 0.4) is 0 Å². The van der Waals surface area contributed by atoms with E-state index >= 15 is 0 Å². The lowest BCUT2D eigenvalue weighted by molar-refractivity contribution is 0.296. The first kappa shape index (κ1) is 9.59. The quantitative estimate of drug-likeness (QED) is 0.718. The van der Waals surface area contributed by atoms with Crippen molar-refractivity contribution >= 4 is 0 Å². The average molecular weight is 192 g/mol. The highest BCUT2D eigenvalue weighted by Crippen LogP contribution is 2.17. The van der Waals surface area contributed by atoms with Crippen LogP contribution in [-0.4, -0.2) is 21.7 Å². The van der Waals surface area contributed by atoms with Crippen LogP contribution in [-0.2, 0) is 19.3 Å². The Morgan fingerprint density at radius 2 is 2.07 bits per heavy atom. The van der Waals surface area contributed by atoms with Crippen molar-refractivity contribution in [1.29, 1.82) is 0 Å². The maximum Gasteiger partial charge on any atom is 0.130 e. The van der Waals surface area contributed by atoms with E-state index in [1.54, 1.807) is 0 Å². The second-order valence-corrected chi connectivity index (χ2v) is 3.79. The van der Waals surface area contributed by atoms with Gasteiger partial charge in [-0.1, -0.05) is 6.42 Å². The SMILES string of the molecule is OCCc1ncc2c(n1)CCCCC2. The first-order valence-electron chi connectivity index (χ1n) is 5.34. The van der Waals surface area contributed by atoms with Crippen LogP contribution in [0, 0.1) is 0 Å². The van der Waals surface area contributed by atoms with Gasteiger partial charge < -0.3 is 5.11 Å². The van der Waals surface area contributed by atoms with E-state index in [4.69, 9.17) is 5.11 Å². The third-order valence-corrected chi connectivity index (χ3v) is 2.70. The fourth-order valence-corrected chi connectivity index (χ4v) is 1.91. The molecule has 0 amide bonds. The largest absolute Gasteiger partial charge is 0.396 e. The molecular weight excluding hydrogens is 176 g/mol. The first-order valence-corrected chi connectivity index (χ1v) is 5.34. The van der Waals surface area contributed by atoms with Crippen LogP contribution >= 0.6 is 0 Å². The predicted octanol–water partition coefficient (Wildman–Crippen LogP) is 1.28. The third-order valence-electron chi connectivity index (χ3n) is 2.70. The number of aryl methyl sites for hydroxylation is 2. The second kappa shape index (κ2) is 4.51. The second-order valence-electron chi connectivity index (χ2n) is 3.79. The Morgan fingerprint density at radius 3 is 2.93 bits per heavy atom. The summed E-state index contributed by atoms with van der Waals surface area (Å²) in [5.74, 6) is 0.785. The third kappa shape index (κ3) is 2.10. The molecule has 2 rings (SSSR count). The smallest absolute Gasteiger partial charge is 0.130 e. The van der Waals surface area contributed by atoms with Crippen LogP contribution in [0.2, 0.25) is 0 Å². The molecule has 1 heterocycles. The van der Waals surface area contributed by atoms with Gasteiger partial charge in [-0.15, -0.1) is 0 Å². The summed E-state index contributed by atoms with van der Waals surface area (Å²) >= 11 is 0. The van der Waals surface area contributed by atoms with Crippen molar-refractivity contribution in [3.05, 3.63) is 23.3 Å². The van der Waals surface area contributed by atoms with Gasteiger partial charge in [0, 0.05) is 18.3 Å². The number of rotatable bonds is 2. The van der Waals surface area contributed by atoms with Crippen molar-refractivity contribution in [2.45, 2.75) is 38.5 Å². The highest BCUT2D eigenvalue weighted by Gasteiger charge is 2.10. The Morgan fingerprint density at radius 1 is 1.21 bits per heavy atom. The van der Waals surface area contributed by atoms with E-state index < -0.39 is 0 Å². The molecule has 1 N–H and O–H groups in total. The van der Waals surface area contributed by atoms with Gasteiger partial charge >= 0.3 is 0 Å². The van der Waals surface area contributed by atoms with E-state index in [0.29, 0.717) is 6.42 Å². The summed E-state index contributed by atoms with van der Waals surface area (Å²) in [7, 11) is 0. The molecule has 0 unspecified atom stereocenters. The van der Waals surface area contributed by atoms with Crippen LogP contribution in [0.5, 0.6) is 0 Å². The minimum atomic E-state index is 0.138. The maximum absolute atomic E-state index is 8.80. The number of aromatic nitrogens is 2. The highest BCUT2D eigenvalue weighted by atomic mass is 16.3. The van der Waals surface area contributed by atoms with Gasteiger partial charge in [0.05, 0.1) is 6.61 Å². The molecule has 1 aliphatic carbocycles. The Kier molecular flexibility index (Phi) is 3.09. The summed E-state index contributed by atoms with van der Waals surface area (Å²) in [6.45, 7) is 0.138. The molecule has 0 fully saturated rings. The van der Waals surface area contributed by atoms with Crippen LogP contribution in [0.25, 0.3) is 0 Å². The van der Waals surface area contributed by atoms with E-state index in [1.165, 1.54) is 30.5 Å². The van der Waals surface area contributed by atoms with Crippen molar-refractivity contribution in [3.8, 4) is 0 Å². The lowest BCUT2D eigenvalue weighted by Gasteiger charge is -2.05. The zero-order chi connectivity index (χ0) is 9.80. The topological polar surface area (TPSA) is 46.0 Å². The summed E-state index contributed by atoms with van der Waals surface area (Å²) < 4.78 is 0. The maximum atomic E-state index is 8.80. The summed E-state index contributed by atoms with van der Waals surface area (Å²) in [5.41, 5.74) is 2.52. The number of nitrogens with zero attached hydrogens (tertiary/aromatic N) is 2. The van der Waals surface area contributed by atoms with Crippen molar-refractivity contribution in [2.75, 3.05) is 6.61 Å². The van der Waals surface area contributed by atoms with Gasteiger partial charge in [0.2, 0.25) is 0 Å². The Balaban J connectivity index is 2.23. The van der Waals surface area contributed by atoms with Crippen molar-refractivity contribution < 1.29 is 5.11 Å². The minimum absolute atomic E-state index is 0.138. The van der Waals surface area contributed by atoms with Gasteiger partial charge in [-0.05, 0) is 31.2 Å². The predicted molar refractivity (Wildman–Crippen MR) is 54.1 cm³/mol. The van der Waals surface area contributed by atoms with Crippen molar-refractivity contribution in [3.63, 3.8) is 0 Å². The summed E-state index contributed by atoms with van der Waals surface area (Å²) in [5, 5.41) is 8.80. The van der Waals surface area contributed by atoms with Crippen molar-refractivity contribution in [1.82, 2.24) is 9.97 Å². The monoisotopic (exact) mass is 192 g/mol. The van der Waals surface area contributed by atoms with E-state index in [2.05, 4.69) is 9.97 Å². The molecule has 76 valence electrons. The van der Waals surface area contributed by atoms with E-state index in [0.717, 1.165) is 18.7 Å². The normalized spacial score (nSPS) is 16.1. The standard InChI is InChI=1S/C11H16N2O/c14-7-6-11-12-8-9-4-2-1-3-5-10(9)13-11/h8,14H,1-7H2. The van der Waals surface area contributed by atoms with Crippen molar-refractivity contribution in [2.24, 2.45) is 0 Å². The minimum Gasteiger partial charge on any atom is -0.396 e. The molecule has 0 saturated carbocycles. The molecule has 0 bridgehead atoms. The molecule has 3 nitrogen and oxygen atoms in total. The Bertz CT molecular complexity index is 312.